The molecule has 0 spiro atoms. The van der Waals surface area contributed by atoms with Gasteiger partial charge in [0.2, 0.25) is 0 Å². The minimum atomic E-state index is -0.0149. The topological polar surface area (TPSA) is 32.8 Å². The van der Waals surface area contributed by atoms with Crippen LogP contribution in [-0.2, 0) is 9.53 Å². The monoisotopic (exact) mass is 268 g/mol. The van der Waals surface area contributed by atoms with Gasteiger partial charge in [0.05, 0.1) is 13.0 Å². The van der Waals surface area contributed by atoms with Gasteiger partial charge in [0.15, 0.2) is 0 Å². The first kappa shape index (κ1) is 14.8. The lowest BCUT2D eigenvalue weighted by Gasteiger charge is -2.41. The van der Waals surface area contributed by atoms with Crippen molar-refractivity contribution in [1.29, 1.82) is 0 Å². The standard InChI is InChI=1S/C15H28N2O2/c1-3-19-14(18)13-15(17-10-4-5-11-17)7-6-9-16(2)12-8-15/h3-13H2,1-2H3. The molecule has 0 N–H and O–H groups in total. The number of likely N-dealkylation sites (tertiary alicyclic amines) is 2. The van der Waals surface area contributed by atoms with E-state index in [1.54, 1.807) is 0 Å². The summed E-state index contributed by atoms with van der Waals surface area (Å²) >= 11 is 0. The van der Waals surface area contributed by atoms with Crippen LogP contribution in [0.4, 0.5) is 0 Å². The van der Waals surface area contributed by atoms with E-state index in [9.17, 15) is 4.79 Å². The third-order valence-corrected chi connectivity index (χ3v) is 4.70. The number of carbonyl (C=O) groups excluding carboxylic acids is 1. The lowest BCUT2D eigenvalue weighted by molar-refractivity contribution is -0.146. The minimum absolute atomic E-state index is 0.0149. The summed E-state index contributed by atoms with van der Waals surface area (Å²) in [5.41, 5.74) is 0.0630. The molecule has 110 valence electrons. The zero-order valence-corrected chi connectivity index (χ0v) is 12.5. The molecule has 2 rings (SSSR count). The van der Waals surface area contributed by atoms with Crippen LogP contribution in [0.3, 0.4) is 0 Å². The normalized spacial score (nSPS) is 30.2. The molecule has 2 fully saturated rings. The van der Waals surface area contributed by atoms with Crippen LogP contribution in [0.1, 0.15) is 45.4 Å². The molecule has 4 heteroatoms. The van der Waals surface area contributed by atoms with Crippen LogP contribution in [0.2, 0.25) is 0 Å². The van der Waals surface area contributed by atoms with Crippen molar-refractivity contribution < 1.29 is 9.53 Å². The number of carbonyl (C=O) groups is 1. The lowest BCUT2D eigenvalue weighted by atomic mass is 9.85. The Labute approximate surface area is 117 Å². The Hall–Kier alpha value is -0.610. The molecule has 0 aromatic heterocycles. The average Bonchev–Trinajstić information content (AvgIpc) is 2.84. The third kappa shape index (κ3) is 3.69. The highest BCUT2D eigenvalue weighted by molar-refractivity contribution is 5.71. The maximum atomic E-state index is 12.0. The Morgan fingerprint density at radius 2 is 1.84 bits per heavy atom. The Bertz CT molecular complexity index is 303. The van der Waals surface area contributed by atoms with E-state index in [1.165, 1.54) is 19.3 Å². The summed E-state index contributed by atoms with van der Waals surface area (Å²) in [6, 6.07) is 0. The molecule has 2 heterocycles. The lowest BCUT2D eigenvalue weighted by Crippen LogP contribution is -2.49. The smallest absolute Gasteiger partial charge is 0.307 e. The maximum Gasteiger partial charge on any atom is 0.307 e. The number of hydrogen-bond acceptors (Lipinski definition) is 4. The highest BCUT2D eigenvalue weighted by Crippen LogP contribution is 2.35. The molecule has 0 aromatic carbocycles. The second-order valence-corrected chi connectivity index (χ2v) is 6.06. The van der Waals surface area contributed by atoms with Crippen molar-refractivity contribution in [3.63, 3.8) is 0 Å². The number of rotatable bonds is 4. The van der Waals surface area contributed by atoms with E-state index in [-0.39, 0.29) is 11.5 Å². The number of hydrogen-bond donors (Lipinski definition) is 0. The highest BCUT2D eigenvalue weighted by Gasteiger charge is 2.41. The first-order chi connectivity index (χ1) is 9.16. The Kier molecular flexibility index (Phi) is 5.22. The number of nitrogens with zero attached hydrogens (tertiary/aromatic N) is 2. The zero-order chi connectivity index (χ0) is 13.7. The molecule has 0 aromatic rings. The van der Waals surface area contributed by atoms with Gasteiger partial charge in [-0.25, -0.2) is 0 Å². The van der Waals surface area contributed by atoms with E-state index in [4.69, 9.17) is 4.74 Å². The van der Waals surface area contributed by atoms with Gasteiger partial charge in [-0.05, 0) is 72.3 Å². The van der Waals surface area contributed by atoms with Crippen LogP contribution in [0.25, 0.3) is 0 Å². The molecule has 0 aliphatic carbocycles. The molecule has 0 radical (unpaired) electrons. The largest absolute Gasteiger partial charge is 0.466 e. The molecule has 0 amide bonds. The fraction of sp³-hybridized carbons (Fsp3) is 0.933. The van der Waals surface area contributed by atoms with Gasteiger partial charge in [-0.15, -0.1) is 0 Å². The summed E-state index contributed by atoms with van der Waals surface area (Å²) in [5, 5.41) is 0. The predicted molar refractivity (Wildman–Crippen MR) is 76.1 cm³/mol. The van der Waals surface area contributed by atoms with Crippen molar-refractivity contribution in [3.05, 3.63) is 0 Å². The quantitative estimate of drug-likeness (QED) is 0.729. The summed E-state index contributed by atoms with van der Waals surface area (Å²) in [5.74, 6) is -0.0149. The molecular formula is C15H28N2O2. The summed E-state index contributed by atoms with van der Waals surface area (Å²) < 4.78 is 5.22. The molecule has 4 nitrogen and oxygen atoms in total. The van der Waals surface area contributed by atoms with E-state index < -0.39 is 0 Å². The van der Waals surface area contributed by atoms with Crippen LogP contribution in [0.5, 0.6) is 0 Å². The first-order valence-corrected chi connectivity index (χ1v) is 7.75. The van der Waals surface area contributed by atoms with Gasteiger partial charge in [-0.2, -0.15) is 0 Å². The van der Waals surface area contributed by atoms with Crippen LogP contribution < -0.4 is 0 Å². The zero-order valence-electron chi connectivity index (χ0n) is 12.5. The van der Waals surface area contributed by atoms with Gasteiger partial charge in [0.1, 0.15) is 0 Å². The van der Waals surface area contributed by atoms with Gasteiger partial charge < -0.3 is 9.64 Å². The van der Waals surface area contributed by atoms with Crippen LogP contribution >= 0.6 is 0 Å². The fourth-order valence-electron chi connectivity index (χ4n) is 3.59. The molecule has 2 aliphatic heterocycles. The Morgan fingerprint density at radius 1 is 1.11 bits per heavy atom. The fourth-order valence-corrected chi connectivity index (χ4v) is 3.59. The highest BCUT2D eigenvalue weighted by atomic mass is 16.5. The van der Waals surface area contributed by atoms with Crippen LogP contribution in [0, 0.1) is 0 Å². The van der Waals surface area contributed by atoms with E-state index in [0.717, 1.165) is 39.0 Å². The average molecular weight is 268 g/mol. The second kappa shape index (κ2) is 6.71. The Balaban J connectivity index is 2.09. The van der Waals surface area contributed by atoms with Crippen molar-refractivity contribution in [2.75, 3.05) is 39.8 Å². The van der Waals surface area contributed by atoms with Gasteiger partial charge in [0, 0.05) is 5.54 Å². The molecule has 1 unspecified atom stereocenters. The second-order valence-electron chi connectivity index (χ2n) is 6.06. The molecule has 19 heavy (non-hydrogen) atoms. The molecule has 0 saturated carbocycles. The van der Waals surface area contributed by atoms with Crippen molar-refractivity contribution >= 4 is 5.97 Å². The Morgan fingerprint density at radius 3 is 2.53 bits per heavy atom. The van der Waals surface area contributed by atoms with Crippen molar-refractivity contribution in [2.45, 2.75) is 51.0 Å². The van der Waals surface area contributed by atoms with Crippen LogP contribution in [0.15, 0.2) is 0 Å². The number of esters is 1. The van der Waals surface area contributed by atoms with Gasteiger partial charge in [0.25, 0.3) is 0 Å². The van der Waals surface area contributed by atoms with Crippen LogP contribution in [-0.4, -0.2) is 61.1 Å². The van der Waals surface area contributed by atoms with E-state index in [0.29, 0.717) is 13.0 Å². The summed E-state index contributed by atoms with van der Waals surface area (Å²) in [6.07, 6.45) is 6.56. The van der Waals surface area contributed by atoms with Crippen molar-refractivity contribution in [3.8, 4) is 0 Å². The number of ether oxygens (including phenoxy) is 1. The van der Waals surface area contributed by atoms with E-state index >= 15 is 0 Å². The molecule has 2 aliphatic rings. The third-order valence-electron chi connectivity index (χ3n) is 4.70. The minimum Gasteiger partial charge on any atom is -0.466 e. The maximum absolute atomic E-state index is 12.0. The summed E-state index contributed by atoms with van der Waals surface area (Å²) in [7, 11) is 2.18. The molecule has 1 atom stereocenters. The van der Waals surface area contributed by atoms with Crippen molar-refractivity contribution in [2.24, 2.45) is 0 Å². The summed E-state index contributed by atoms with van der Waals surface area (Å²) in [4.78, 5) is 17.0. The molecule has 0 bridgehead atoms. The van der Waals surface area contributed by atoms with E-state index in [1.807, 2.05) is 6.92 Å². The van der Waals surface area contributed by atoms with E-state index in [2.05, 4.69) is 16.8 Å². The van der Waals surface area contributed by atoms with Gasteiger partial charge in [-0.1, -0.05) is 0 Å². The summed E-state index contributed by atoms with van der Waals surface area (Å²) in [6.45, 7) is 6.94. The molecule has 2 saturated heterocycles. The predicted octanol–water partition coefficient (Wildman–Crippen LogP) is 1.89. The van der Waals surface area contributed by atoms with Crippen molar-refractivity contribution in [1.82, 2.24) is 9.80 Å². The van der Waals surface area contributed by atoms with Gasteiger partial charge in [-0.3, -0.25) is 9.69 Å². The van der Waals surface area contributed by atoms with Gasteiger partial charge >= 0.3 is 5.97 Å². The molecular weight excluding hydrogens is 240 g/mol. The SMILES string of the molecule is CCOC(=O)CC1(N2CCCC2)CCCN(C)CC1. The first-order valence-electron chi connectivity index (χ1n) is 7.75.